The second-order valence-electron chi connectivity index (χ2n) is 4.56. The third kappa shape index (κ3) is 3.85. The first-order chi connectivity index (χ1) is 8.81. The van der Waals surface area contributed by atoms with Crippen LogP contribution in [0.25, 0.3) is 0 Å². The van der Waals surface area contributed by atoms with Crippen molar-refractivity contribution in [2.45, 2.75) is 25.4 Å². The summed E-state index contributed by atoms with van der Waals surface area (Å²) in [6.45, 7) is 2.82. The molecule has 1 heterocycles. The first-order valence-corrected chi connectivity index (χ1v) is 6.47. The van der Waals surface area contributed by atoms with Gasteiger partial charge >= 0.3 is 0 Å². The molecule has 5 heteroatoms. The Labute approximate surface area is 108 Å². The third-order valence-electron chi connectivity index (χ3n) is 3.02. The molecule has 1 amide bonds. The SMILES string of the molecule is COCCn1cccc1C(=O)NCCNC1CC1. The monoisotopic (exact) mass is 251 g/mol. The van der Waals surface area contributed by atoms with E-state index in [1.165, 1.54) is 12.8 Å². The van der Waals surface area contributed by atoms with Gasteiger partial charge < -0.3 is 19.9 Å². The van der Waals surface area contributed by atoms with E-state index >= 15 is 0 Å². The molecular formula is C13H21N3O2. The van der Waals surface area contributed by atoms with Crippen LogP contribution in [0.15, 0.2) is 18.3 Å². The lowest BCUT2D eigenvalue weighted by atomic mass is 10.4. The van der Waals surface area contributed by atoms with Crippen LogP contribution in [0.4, 0.5) is 0 Å². The first kappa shape index (κ1) is 13.1. The Bertz CT molecular complexity index is 385. The Balaban J connectivity index is 1.74. The molecule has 0 aromatic carbocycles. The lowest BCUT2D eigenvalue weighted by Crippen LogP contribution is -2.33. The number of aromatic nitrogens is 1. The van der Waals surface area contributed by atoms with E-state index in [9.17, 15) is 4.79 Å². The minimum absolute atomic E-state index is 0.0197. The zero-order valence-corrected chi connectivity index (χ0v) is 10.8. The van der Waals surface area contributed by atoms with Crippen molar-refractivity contribution in [2.24, 2.45) is 0 Å². The number of rotatable bonds is 8. The summed E-state index contributed by atoms with van der Waals surface area (Å²) in [7, 11) is 1.66. The van der Waals surface area contributed by atoms with Crippen molar-refractivity contribution in [3.63, 3.8) is 0 Å². The van der Waals surface area contributed by atoms with E-state index in [2.05, 4.69) is 10.6 Å². The number of nitrogens with zero attached hydrogens (tertiary/aromatic N) is 1. The fourth-order valence-corrected chi connectivity index (χ4v) is 1.84. The van der Waals surface area contributed by atoms with Gasteiger partial charge in [-0.05, 0) is 25.0 Å². The van der Waals surface area contributed by atoms with Crippen LogP contribution in [0, 0.1) is 0 Å². The molecule has 0 aliphatic heterocycles. The van der Waals surface area contributed by atoms with Crippen LogP contribution in [0.5, 0.6) is 0 Å². The van der Waals surface area contributed by atoms with Crippen molar-refractivity contribution in [1.82, 2.24) is 15.2 Å². The maximum Gasteiger partial charge on any atom is 0.267 e. The summed E-state index contributed by atoms with van der Waals surface area (Å²) in [6.07, 6.45) is 4.44. The Morgan fingerprint density at radius 1 is 1.50 bits per heavy atom. The number of amides is 1. The number of nitrogens with one attached hydrogen (secondary N) is 2. The van der Waals surface area contributed by atoms with E-state index in [1.807, 2.05) is 22.9 Å². The molecule has 1 aromatic heterocycles. The van der Waals surface area contributed by atoms with Gasteiger partial charge in [0.1, 0.15) is 5.69 Å². The number of hydrogen-bond acceptors (Lipinski definition) is 3. The lowest BCUT2D eigenvalue weighted by Gasteiger charge is -2.09. The molecule has 2 rings (SSSR count). The van der Waals surface area contributed by atoms with E-state index in [-0.39, 0.29) is 5.91 Å². The number of methoxy groups -OCH3 is 1. The molecule has 1 aliphatic rings. The van der Waals surface area contributed by atoms with Crippen molar-refractivity contribution in [3.8, 4) is 0 Å². The molecule has 5 nitrogen and oxygen atoms in total. The molecule has 0 unspecified atom stereocenters. The van der Waals surface area contributed by atoms with Gasteiger partial charge in [-0.2, -0.15) is 0 Å². The van der Waals surface area contributed by atoms with Gasteiger partial charge in [-0.25, -0.2) is 0 Å². The van der Waals surface area contributed by atoms with Gasteiger partial charge in [0.25, 0.3) is 5.91 Å². The molecule has 0 spiro atoms. The van der Waals surface area contributed by atoms with Crippen LogP contribution in [-0.4, -0.2) is 43.3 Å². The summed E-state index contributed by atoms with van der Waals surface area (Å²) in [4.78, 5) is 11.9. The predicted molar refractivity (Wildman–Crippen MR) is 69.7 cm³/mol. The highest BCUT2D eigenvalue weighted by Gasteiger charge is 2.19. The number of carbonyl (C=O) groups is 1. The van der Waals surface area contributed by atoms with E-state index in [1.54, 1.807) is 7.11 Å². The Kier molecular flexibility index (Phi) is 4.78. The maximum absolute atomic E-state index is 11.9. The normalized spacial score (nSPS) is 14.7. The average Bonchev–Trinajstić information content (AvgIpc) is 3.08. The Hall–Kier alpha value is -1.33. The molecule has 0 bridgehead atoms. The van der Waals surface area contributed by atoms with Crippen molar-refractivity contribution >= 4 is 5.91 Å². The molecule has 100 valence electrons. The predicted octanol–water partition coefficient (Wildman–Crippen LogP) is 0.616. The topological polar surface area (TPSA) is 55.3 Å². The largest absolute Gasteiger partial charge is 0.383 e. The lowest BCUT2D eigenvalue weighted by molar-refractivity contribution is 0.0942. The highest BCUT2D eigenvalue weighted by molar-refractivity contribution is 5.92. The quantitative estimate of drug-likeness (QED) is 0.666. The molecular weight excluding hydrogens is 230 g/mol. The Morgan fingerprint density at radius 3 is 3.06 bits per heavy atom. The van der Waals surface area contributed by atoms with Gasteiger partial charge in [0.15, 0.2) is 0 Å². The van der Waals surface area contributed by atoms with Gasteiger partial charge in [-0.1, -0.05) is 0 Å². The molecule has 0 radical (unpaired) electrons. The van der Waals surface area contributed by atoms with Gasteiger partial charge in [0.05, 0.1) is 6.61 Å². The summed E-state index contributed by atoms with van der Waals surface area (Å²) in [5.74, 6) is -0.0197. The molecule has 1 fully saturated rings. The molecule has 0 saturated heterocycles. The van der Waals surface area contributed by atoms with E-state index in [0.717, 1.165) is 6.54 Å². The maximum atomic E-state index is 11.9. The van der Waals surface area contributed by atoms with Gasteiger partial charge in [-0.15, -0.1) is 0 Å². The molecule has 18 heavy (non-hydrogen) atoms. The van der Waals surface area contributed by atoms with Gasteiger partial charge in [-0.3, -0.25) is 4.79 Å². The van der Waals surface area contributed by atoms with Crippen LogP contribution in [0.1, 0.15) is 23.3 Å². The molecule has 2 N–H and O–H groups in total. The van der Waals surface area contributed by atoms with Crippen molar-refractivity contribution < 1.29 is 9.53 Å². The fourth-order valence-electron chi connectivity index (χ4n) is 1.84. The number of ether oxygens (including phenoxy) is 1. The van der Waals surface area contributed by atoms with Gasteiger partial charge in [0, 0.05) is 39.0 Å². The van der Waals surface area contributed by atoms with Crippen LogP contribution >= 0.6 is 0 Å². The van der Waals surface area contributed by atoms with E-state index in [4.69, 9.17) is 4.74 Å². The zero-order valence-electron chi connectivity index (χ0n) is 10.8. The molecule has 1 aliphatic carbocycles. The number of hydrogen-bond donors (Lipinski definition) is 2. The van der Waals surface area contributed by atoms with Gasteiger partial charge in [0.2, 0.25) is 0 Å². The minimum atomic E-state index is -0.0197. The summed E-state index contributed by atoms with van der Waals surface area (Å²) in [5, 5.41) is 6.29. The summed E-state index contributed by atoms with van der Waals surface area (Å²) < 4.78 is 6.93. The van der Waals surface area contributed by atoms with Crippen LogP contribution < -0.4 is 10.6 Å². The second kappa shape index (κ2) is 6.56. The minimum Gasteiger partial charge on any atom is -0.383 e. The third-order valence-corrected chi connectivity index (χ3v) is 3.02. The van der Waals surface area contributed by atoms with Crippen LogP contribution in [0.3, 0.4) is 0 Å². The molecule has 0 atom stereocenters. The second-order valence-corrected chi connectivity index (χ2v) is 4.56. The fraction of sp³-hybridized carbons (Fsp3) is 0.615. The zero-order chi connectivity index (χ0) is 12.8. The van der Waals surface area contributed by atoms with E-state index < -0.39 is 0 Å². The van der Waals surface area contributed by atoms with Crippen molar-refractivity contribution in [1.29, 1.82) is 0 Å². The summed E-state index contributed by atoms with van der Waals surface area (Å²) in [5.41, 5.74) is 0.693. The smallest absolute Gasteiger partial charge is 0.267 e. The molecule has 1 saturated carbocycles. The highest BCUT2D eigenvalue weighted by Crippen LogP contribution is 2.17. The van der Waals surface area contributed by atoms with Crippen LogP contribution in [-0.2, 0) is 11.3 Å². The molecule has 1 aromatic rings. The Morgan fingerprint density at radius 2 is 2.33 bits per heavy atom. The van der Waals surface area contributed by atoms with Crippen LogP contribution in [0.2, 0.25) is 0 Å². The van der Waals surface area contributed by atoms with Crippen molar-refractivity contribution in [2.75, 3.05) is 26.8 Å². The standard InChI is InChI=1S/C13H21N3O2/c1-18-10-9-16-8-2-3-12(16)13(17)15-7-6-14-11-4-5-11/h2-3,8,11,14H,4-7,9-10H2,1H3,(H,15,17). The van der Waals surface area contributed by atoms with E-state index in [0.29, 0.717) is 31.4 Å². The summed E-state index contributed by atoms with van der Waals surface area (Å²) >= 11 is 0. The summed E-state index contributed by atoms with van der Waals surface area (Å²) in [6, 6.07) is 4.40. The number of carbonyl (C=O) groups excluding carboxylic acids is 1. The first-order valence-electron chi connectivity index (χ1n) is 6.47. The highest BCUT2D eigenvalue weighted by atomic mass is 16.5. The average molecular weight is 251 g/mol. The van der Waals surface area contributed by atoms with Crippen molar-refractivity contribution in [3.05, 3.63) is 24.0 Å².